The van der Waals surface area contributed by atoms with Crippen molar-refractivity contribution in [2.24, 2.45) is 0 Å². The van der Waals surface area contributed by atoms with E-state index in [1.807, 2.05) is 6.07 Å². The Morgan fingerprint density at radius 1 is 1.10 bits per heavy atom. The standard InChI is InChI=1S/C14H10F3N3/c15-11-9-12(16)14(19-13(11)17)20(8-4-7-18)10-5-2-1-3-6-10/h1-3,5-6,9H,4,8H2. The summed E-state index contributed by atoms with van der Waals surface area (Å²) in [6.45, 7) is 0.121. The van der Waals surface area contributed by atoms with E-state index < -0.39 is 17.6 Å². The normalized spacial score (nSPS) is 10.1. The van der Waals surface area contributed by atoms with E-state index in [0.717, 1.165) is 0 Å². The molecule has 0 saturated heterocycles. The van der Waals surface area contributed by atoms with Crippen LogP contribution in [0.5, 0.6) is 0 Å². The van der Waals surface area contributed by atoms with Gasteiger partial charge in [0, 0.05) is 18.3 Å². The number of benzene rings is 1. The largest absolute Gasteiger partial charge is 0.323 e. The van der Waals surface area contributed by atoms with Gasteiger partial charge in [0.15, 0.2) is 17.5 Å². The van der Waals surface area contributed by atoms with Crippen LogP contribution >= 0.6 is 0 Å². The second-order valence-electron chi connectivity index (χ2n) is 3.96. The SMILES string of the molecule is N#CCCN(c1ccccc1)c1nc(F)c(F)cc1F. The first-order valence-corrected chi connectivity index (χ1v) is 5.84. The number of aromatic nitrogens is 1. The van der Waals surface area contributed by atoms with E-state index in [0.29, 0.717) is 11.8 Å². The third-order valence-electron chi connectivity index (χ3n) is 2.64. The summed E-state index contributed by atoms with van der Waals surface area (Å²) < 4.78 is 39.9. The number of anilines is 2. The lowest BCUT2D eigenvalue weighted by Gasteiger charge is -2.23. The van der Waals surface area contributed by atoms with Crippen LogP contribution in [0, 0.1) is 28.9 Å². The molecule has 0 aliphatic rings. The molecule has 102 valence electrons. The van der Waals surface area contributed by atoms with Gasteiger partial charge in [0.05, 0.1) is 12.5 Å². The van der Waals surface area contributed by atoms with E-state index in [1.54, 1.807) is 30.3 Å². The highest BCUT2D eigenvalue weighted by Crippen LogP contribution is 2.27. The van der Waals surface area contributed by atoms with Gasteiger partial charge in [-0.1, -0.05) is 18.2 Å². The van der Waals surface area contributed by atoms with Gasteiger partial charge >= 0.3 is 0 Å². The molecule has 6 heteroatoms. The van der Waals surface area contributed by atoms with E-state index in [9.17, 15) is 13.2 Å². The Morgan fingerprint density at radius 2 is 1.80 bits per heavy atom. The number of nitrogens with zero attached hydrogens (tertiary/aromatic N) is 3. The molecule has 0 saturated carbocycles. The van der Waals surface area contributed by atoms with Crippen molar-refractivity contribution >= 4 is 11.5 Å². The monoisotopic (exact) mass is 277 g/mol. The van der Waals surface area contributed by atoms with Crippen molar-refractivity contribution in [3.8, 4) is 6.07 Å². The quantitative estimate of drug-likeness (QED) is 0.802. The molecule has 3 nitrogen and oxygen atoms in total. The average Bonchev–Trinajstić information content (AvgIpc) is 2.45. The van der Waals surface area contributed by atoms with Gasteiger partial charge in [-0.2, -0.15) is 14.6 Å². The summed E-state index contributed by atoms with van der Waals surface area (Å²) >= 11 is 0. The highest BCUT2D eigenvalue weighted by atomic mass is 19.2. The Labute approximate surface area is 113 Å². The minimum Gasteiger partial charge on any atom is -0.323 e. The molecule has 0 spiro atoms. The molecule has 0 N–H and O–H groups in total. The predicted molar refractivity (Wildman–Crippen MR) is 67.8 cm³/mol. The molecule has 0 bridgehead atoms. The lowest BCUT2D eigenvalue weighted by Crippen LogP contribution is -2.21. The van der Waals surface area contributed by atoms with Gasteiger partial charge in [-0.05, 0) is 12.1 Å². The van der Waals surface area contributed by atoms with Crippen molar-refractivity contribution in [3.05, 3.63) is 54.0 Å². The second kappa shape index (κ2) is 6.06. The first-order chi connectivity index (χ1) is 9.63. The topological polar surface area (TPSA) is 39.9 Å². The summed E-state index contributed by atoms with van der Waals surface area (Å²) in [5.41, 5.74) is 0.542. The summed E-state index contributed by atoms with van der Waals surface area (Å²) in [7, 11) is 0. The van der Waals surface area contributed by atoms with Gasteiger partial charge in [-0.15, -0.1) is 0 Å². The van der Waals surface area contributed by atoms with Crippen LogP contribution in [0.25, 0.3) is 0 Å². The third kappa shape index (κ3) is 2.88. The van der Waals surface area contributed by atoms with Gasteiger partial charge < -0.3 is 4.90 Å². The number of halogens is 3. The highest BCUT2D eigenvalue weighted by molar-refractivity contribution is 5.60. The van der Waals surface area contributed by atoms with Gasteiger partial charge in [0.2, 0.25) is 0 Å². The van der Waals surface area contributed by atoms with Gasteiger partial charge in [0.25, 0.3) is 5.95 Å². The minimum atomic E-state index is -1.38. The maximum atomic E-state index is 13.8. The van der Waals surface area contributed by atoms with Crippen LogP contribution in [0.15, 0.2) is 36.4 Å². The molecule has 1 aromatic carbocycles. The molecule has 0 unspecified atom stereocenters. The van der Waals surface area contributed by atoms with Crippen molar-refractivity contribution in [3.63, 3.8) is 0 Å². The maximum Gasteiger partial charge on any atom is 0.251 e. The van der Waals surface area contributed by atoms with E-state index in [2.05, 4.69) is 4.98 Å². The number of pyridine rings is 1. The number of para-hydroxylation sites is 1. The Hall–Kier alpha value is -2.55. The Bertz CT molecular complexity index is 638. The summed E-state index contributed by atoms with van der Waals surface area (Å²) in [6.07, 6.45) is 0.0923. The molecule has 0 aliphatic heterocycles. The van der Waals surface area contributed by atoms with Crippen molar-refractivity contribution < 1.29 is 13.2 Å². The van der Waals surface area contributed by atoms with Crippen LogP contribution in [0.3, 0.4) is 0 Å². The molecule has 1 heterocycles. The predicted octanol–water partition coefficient (Wildman–Crippen LogP) is 3.55. The smallest absolute Gasteiger partial charge is 0.251 e. The fourth-order valence-corrected chi connectivity index (χ4v) is 1.75. The molecule has 0 radical (unpaired) electrons. The molecule has 20 heavy (non-hydrogen) atoms. The summed E-state index contributed by atoms with van der Waals surface area (Å²) in [5.74, 6) is -4.05. The summed E-state index contributed by atoms with van der Waals surface area (Å²) in [4.78, 5) is 4.64. The molecule has 0 fully saturated rings. The lowest BCUT2D eigenvalue weighted by molar-refractivity contribution is 0.464. The fourth-order valence-electron chi connectivity index (χ4n) is 1.75. The second-order valence-corrected chi connectivity index (χ2v) is 3.96. The van der Waals surface area contributed by atoms with Gasteiger partial charge in [-0.3, -0.25) is 0 Å². The molecule has 2 aromatic rings. The van der Waals surface area contributed by atoms with Gasteiger partial charge in [0.1, 0.15) is 0 Å². The first kappa shape index (κ1) is 13.9. The Morgan fingerprint density at radius 3 is 2.45 bits per heavy atom. The number of rotatable bonds is 4. The molecular formula is C14H10F3N3. The van der Waals surface area contributed by atoms with Crippen molar-refractivity contribution in [1.29, 1.82) is 5.26 Å². The number of nitriles is 1. The van der Waals surface area contributed by atoms with Crippen LogP contribution in [-0.2, 0) is 0 Å². The zero-order chi connectivity index (χ0) is 14.5. The minimum absolute atomic E-state index is 0.0923. The maximum absolute atomic E-state index is 13.8. The van der Waals surface area contributed by atoms with E-state index in [4.69, 9.17) is 5.26 Å². The van der Waals surface area contributed by atoms with Crippen molar-refractivity contribution in [1.82, 2.24) is 4.98 Å². The van der Waals surface area contributed by atoms with E-state index in [1.165, 1.54) is 4.90 Å². The lowest BCUT2D eigenvalue weighted by atomic mass is 10.2. The zero-order valence-corrected chi connectivity index (χ0v) is 10.4. The summed E-state index contributed by atoms with van der Waals surface area (Å²) in [5, 5.41) is 8.65. The molecular weight excluding hydrogens is 267 g/mol. The number of hydrogen-bond donors (Lipinski definition) is 0. The van der Waals surface area contributed by atoms with Gasteiger partial charge in [-0.25, -0.2) is 8.78 Å². The fraction of sp³-hybridized carbons (Fsp3) is 0.143. The Balaban J connectivity index is 2.47. The molecule has 0 amide bonds. The number of hydrogen-bond acceptors (Lipinski definition) is 3. The van der Waals surface area contributed by atoms with E-state index in [-0.39, 0.29) is 18.8 Å². The average molecular weight is 277 g/mol. The zero-order valence-electron chi connectivity index (χ0n) is 10.4. The molecule has 0 aliphatic carbocycles. The molecule has 0 atom stereocenters. The van der Waals surface area contributed by atoms with Crippen LogP contribution < -0.4 is 4.90 Å². The first-order valence-electron chi connectivity index (χ1n) is 5.84. The third-order valence-corrected chi connectivity index (χ3v) is 2.64. The van der Waals surface area contributed by atoms with Crippen LogP contribution in [0.2, 0.25) is 0 Å². The van der Waals surface area contributed by atoms with Crippen LogP contribution in [0.4, 0.5) is 24.7 Å². The van der Waals surface area contributed by atoms with Crippen molar-refractivity contribution in [2.75, 3.05) is 11.4 Å². The molecule has 2 rings (SSSR count). The van der Waals surface area contributed by atoms with E-state index >= 15 is 0 Å². The van der Waals surface area contributed by atoms with Crippen molar-refractivity contribution in [2.45, 2.75) is 6.42 Å². The van der Waals surface area contributed by atoms with Crippen LogP contribution in [0.1, 0.15) is 6.42 Å². The van der Waals surface area contributed by atoms with Crippen LogP contribution in [-0.4, -0.2) is 11.5 Å². The molecule has 1 aromatic heterocycles. The highest BCUT2D eigenvalue weighted by Gasteiger charge is 2.18. The Kier molecular flexibility index (Phi) is 4.20. The summed E-state index contributed by atoms with van der Waals surface area (Å²) in [6, 6.07) is 10.9.